The lowest BCUT2D eigenvalue weighted by Crippen LogP contribution is -2.27. The van der Waals surface area contributed by atoms with Gasteiger partial charge in [-0.05, 0) is 58.8 Å². The summed E-state index contributed by atoms with van der Waals surface area (Å²) < 4.78 is 3.60. The zero-order valence-electron chi connectivity index (χ0n) is 10.5. The number of tetrazole rings is 1. The maximum atomic E-state index is 12.0. The molecule has 96 valence electrons. The predicted octanol–water partition coefficient (Wildman–Crippen LogP) is 1.53. The maximum absolute atomic E-state index is 12.0. The van der Waals surface area contributed by atoms with Crippen molar-refractivity contribution in [1.82, 2.24) is 24.8 Å². The molecule has 0 bridgehead atoms. The van der Waals surface area contributed by atoms with Gasteiger partial charge in [0.15, 0.2) is 0 Å². The number of rotatable bonds is 3. The van der Waals surface area contributed by atoms with Gasteiger partial charge in [0, 0.05) is 10.7 Å². The van der Waals surface area contributed by atoms with Crippen LogP contribution in [0, 0.1) is 6.92 Å². The molecule has 7 heteroatoms. The van der Waals surface area contributed by atoms with Crippen molar-refractivity contribution < 1.29 is 0 Å². The van der Waals surface area contributed by atoms with Crippen molar-refractivity contribution in [2.24, 2.45) is 0 Å². The fourth-order valence-corrected chi connectivity index (χ4v) is 2.03. The van der Waals surface area contributed by atoms with E-state index in [4.69, 9.17) is 0 Å². The van der Waals surface area contributed by atoms with Crippen LogP contribution >= 0.6 is 15.9 Å². The number of aryl methyl sites for hydroxylation is 1. The number of aromatic nitrogens is 5. The Labute approximate surface area is 113 Å². The SMILES string of the molecule is Cc1cc(Br)cnc1Cn1nnn(C(C)C)c1=O. The lowest BCUT2D eigenvalue weighted by atomic mass is 10.2. The van der Waals surface area contributed by atoms with Crippen molar-refractivity contribution >= 4 is 15.9 Å². The van der Waals surface area contributed by atoms with Crippen LogP contribution in [0.5, 0.6) is 0 Å². The zero-order valence-corrected chi connectivity index (χ0v) is 12.0. The Bertz CT molecular complexity index is 616. The minimum atomic E-state index is -0.214. The minimum Gasteiger partial charge on any atom is -0.258 e. The van der Waals surface area contributed by atoms with E-state index < -0.39 is 0 Å². The molecule has 0 aromatic carbocycles. The third kappa shape index (κ3) is 2.50. The Hall–Kier alpha value is -1.50. The van der Waals surface area contributed by atoms with E-state index >= 15 is 0 Å². The molecule has 0 N–H and O–H groups in total. The average Bonchev–Trinajstić information content (AvgIpc) is 2.64. The third-order valence-corrected chi connectivity index (χ3v) is 3.04. The molecule has 0 atom stereocenters. The molecule has 2 aromatic heterocycles. The first-order chi connectivity index (χ1) is 8.49. The quantitative estimate of drug-likeness (QED) is 0.862. The molecule has 0 fully saturated rings. The van der Waals surface area contributed by atoms with Gasteiger partial charge in [-0.1, -0.05) is 0 Å². The summed E-state index contributed by atoms with van der Waals surface area (Å²) in [5.74, 6) is 0. The van der Waals surface area contributed by atoms with Crippen LogP contribution in [0.3, 0.4) is 0 Å². The summed E-state index contributed by atoms with van der Waals surface area (Å²) in [4.78, 5) is 16.2. The van der Waals surface area contributed by atoms with Crippen LogP contribution in [0.4, 0.5) is 0 Å². The summed E-state index contributed by atoms with van der Waals surface area (Å²) >= 11 is 3.36. The smallest absolute Gasteiger partial charge is 0.258 e. The van der Waals surface area contributed by atoms with Crippen LogP contribution in [-0.2, 0) is 6.54 Å². The molecule has 0 saturated heterocycles. The van der Waals surface area contributed by atoms with E-state index in [0.717, 1.165) is 15.7 Å². The molecule has 6 nitrogen and oxygen atoms in total. The highest BCUT2D eigenvalue weighted by Gasteiger charge is 2.11. The van der Waals surface area contributed by atoms with Crippen molar-refractivity contribution in [1.29, 1.82) is 0 Å². The highest BCUT2D eigenvalue weighted by Crippen LogP contribution is 2.13. The molecule has 0 spiro atoms. The topological polar surface area (TPSA) is 65.6 Å². The van der Waals surface area contributed by atoms with E-state index in [-0.39, 0.29) is 11.7 Å². The summed E-state index contributed by atoms with van der Waals surface area (Å²) in [7, 11) is 0. The summed E-state index contributed by atoms with van der Waals surface area (Å²) in [6.45, 7) is 6.07. The van der Waals surface area contributed by atoms with Crippen molar-refractivity contribution in [3.63, 3.8) is 0 Å². The highest BCUT2D eigenvalue weighted by molar-refractivity contribution is 9.10. The summed E-state index contributed by atoms with van der Waals surface area (Å²) in [6, 6.07) is 1.96. The molecule has 0 aliphatic heterocycles. The molecule has 0 amide bonds. The van der Waals surface area contributed by atoms with E-state index in [0.29, 0.717) is 6.54 Å². The normalized spacial score (nSPS) is 11.2. The Kier molecular flexibility index (Phi) is 3.60. The van der Waals surface area contributed by atoms with Gasteiger partial charge in [0.2, 0.25) is 0 Å². The maximum Gasteiger partial charge on any atom is 0.364 e. The standard InChI is InChI=1S/C11H14BrN5O/c1-7(2)17-11(18)16(14-15-17)6-10-8(3)4-9(12)5-13-10/h4-5,7H,6H2,1-3H3. The molecular weight excluding hydrogens is 298 g/mol. The Morgan fingerprint density at radius 1 is 1.39 bits per heavy atom. The van der Waals surface area contributed by atoms with Crippen molar-refractivity contribution in [3.8, 4) is 0 Å². The van der Waals surface area contributed by atoms with E-state index in [1.807, 2.05) is 26.8 Å². The summed E-state index contributed by atoms with van der Waals surface area (Å²) in [5, 5.41) is 7.70. The van der Waals surface area contributed by atoms with Gasteiger partial charge in [-0.2, -0.15) is 9.36 Å². The number of pyridine rings is 1. The minimum absolute atomic E-state index is 0.00484. The van der Waals surface area contributed by atoms with Gasteiger partial charge in [-0.3, -0.25) is 4.98 Å². The highest BCUT2D eigenvalue weighted by atomic mass is 79.9. The van der Waals surface area contributed by atoms with Crippen molar-refractivity contribution in [2.45, 2.75) is 33.4 Å². The van der Waals surface area contributed by atoms with Crippen LogP contribution < -0.4 is 5.69 Å². The Balaban J connectivity index is 2.32. The number of hydrogen-bond donors (Lipinski definition) is 0. The first-order valence-electron chi connectivity index (χ1n) is 5.62. The van der Waals surface area contributed by atoms with Crippen LogP contribution in [0.1, 0.15) is 31.1 Å². The molecule has 2 rings (SSSR count). The second-order valence-corrected chi connectivity index (χ2v) is 5.29. The molecule has 2 heterocycles. The van der Waals surface area contributed by atoms with E-state index in [1.54, 1.807) is 6.20 Å². The molecule has 0 saturated carbocycles. The zero-order chi connectivity index (χ0) is 13.3. The van der Waals surface area contributed by atoms with E-state index in [1.165, 1.54) is 9.36 Å². The summed E-state index contributed by atoms with van der Waals surface area (Å²) in [5.41, 5.74) is 1.61. The Morgan fingerprint density at radius 2 is 2.11 bits per heavy atom. The molecule has 18 heavy (non-hydrogen) atoms. The van der Waals surface area contributed by atoms with Gasteiger partial charge in [-0.15, -0.1) is 0 Å². The van der Waals surface area contributed by atoms with Gasteiger partial charge in [0.25, 0.3) is 0 Å². The van der Waals surface area contributed by atoms with Crippen LogP contribution in [0.15, 0.2) is 21.5 Å². The van der Waals surface area contributed by atoms with Crippen LogP contribution in [0.2, 0.25) is 0 Å². The fourth-order valence-electron chi connectivity index (χ4n) is 1.59. The molecule has 0 unspecified atom stereocenters. The third-order valence-electron chi connectivity index (χ3n) is 2.60. The molecule has 0 radical (unpaired) electrons. The fraction of sp³-hybridized carbons (Fsp3) is 0.455. The van der Waals surface area contributed by atoms with Crippen LogP contribution in [0.25, 0.3) is 0 Å². The Morgan fingerprint density at radius 3 is 2.67 bits per heavy atom. The van der Waals surface area contributed by atoms with Crippen molar-refractivity contribution in [3.05, 3.63) is 38.5 Å². The van der Waals surface area contributed by atoms with Crippen LogP contribution in [-0.4, -0.2) is 24.8 Å². The van der Waals surface area contributed by atoms with Gasteiger partial charge >= 0.3 is 5.69 Å². The van der Waals surface area contributed by atoms with Gasteiger partial charge in [0.05, 0.1) is 18.3 Å². The molecule has 2 aromatic rings. The second-order valence-electron chi connectivity index (χ2n) is 4.37. The van der Waals surface area contributed by atoms with Gasteiger partial charge in [-0.25, -0.2) is 4.79 Å². The monoisotopic (exact) mass is 311 g/mol. The lowest BCUT2D eigenvalue weighted by molar-refractivity contribution is 0.499. The predicted molar refractivity (Wildman–Crippen MR) is 70.4 cm³/mol. The average molecular weight is 312 g/mol. The second kappa shape index (κ2) is 5.01. The number of nitrogens with zero attached hydrogens (tertiary/aromatic N) is 5. The largest absolute Gasteiger partial charge is 0.364 e. The van der Waals surface area contributed by atoms with Gasteiger partial charge < -0.3 is 0 Å². The first-order valence-corrected chi connectivity index (χ1v) is 6.41. The van der Waals surface area contributed by atoms with Gasteiger partial charge in [0.1, 0.15) is 0 Å². The van der Waals surface area contributed by atoms with E-state index in [2.05, 4.69) is 31.3 Å². The number of halogens is 1. The first kappa shape index (κ1) is 12.9. The summed E-state index contributed by atoms with van der Waals surface area (Å²) in [6.07, 6.45) is 1.71. The lowest BCUT2D eigenvalue weighted by Gasteiger charge is -2.04. The molecule has 0 aliphatic rings. The van der Waals surface area contributed by atoms with Crippen molar-refractivity contribution in [2.75, 3.05) is 0 Å². The van der Waals surface area contributed by atoms with E-state index in [9.17, 15) is 4.79 Å². The molecular formula is C11H14BrN5O. The molecule has 0 aliphatic carbocycles. The number of hydrogen-bond acceptors (Lipinski definition) is 4.